The molecule has 0 saturated carbocycles. The SMILES string of the molecule is Cc1c([C@@H](c2ccc(Cl)cc2Cl)c2c(O)c3ccccc3oc2=O)c(=O)n(-c2ccccc2)n1C. The molecule has 0 aliphatic rings. The van der Waals surface area contributed by atoms with E-state index in [0.29, 0.717) is 32.9 Å². The lowest BCUT2D eigenvalue weighted by Crippen LogP contribution is -2.25. The second-order valence-electron chi connectivity index (χ2n) is 8.22. The van der Waals surface area contributed by atoms with Gasteiger partial charge in [0, 0.05) is 22.8 Å². The molecule has 6 nitrogen and oxygen atoms in total. The molecule has 176 valence electrons. The molecule has 0 saturated heterocycles. The Hall–Kier alpha value is -3.74. The molecule has 0 bridgehead atoms. The summed E-state index contributed by atoms with van der Waals surface area (Å²) in [5, 5.41) is 12.3. The third kappa shape index (κ3) is 3.75. The molecule has 0 fully saturated rings. The van der Waals surface area contributed by atoms with Gasteiger partial charge in [-0.25, -0.2) is 9.48 Å². The van der Waals surface area contributed by atoms with Gasteiger partial charge in [0.25, 0.3) is 5.56 Å². The maximum absolute atomic E-state index is 13.9. The second-order valence-corrected chi connectivity index (χ2v) is 9.07. The summed E-state index contributed by atoms with van der Waals surface area (Å²) in [7, 11) is 1.76. The van der Waals surface area contributed by atoms with Gasteiger partial charge in [-0.05, 0) is 48.9 Å². The number of para-hydroxylation sites is 2. The van der Waals surface area contributed by atoms with Crippen LogP contribution in [0.3, 0.4) is 0 Å². The third-order valence-corrected chi connectivity index (χ3v) is 6.83. The molecule has 0 spiro atoms. The quantitative estimate of drug-likeness (QED) is 0.313. The van der Waals surface area contributed by atoms with Gasteiger partial charge in [-0.15, -0.1) is 0 Å². The Bertz CT molecular complexity index is 1700. The van der Waals surface area contributed by atoms with Crippen LogP contribution in [0.5, 0.6) is 5.75 Å². The molecule has 5 rings (SSSR count). The molecule has 5 aromatic rings. The fourth-order valence-electron chi connectivity index (χ4n) is 4.51. The second kappa shape index (κ2) is 8.80. The van der Waals surface area contributed by atoms with Crippen molar-refractivity contribution in [1.29, 1.82) is 0 Å². The molecule has 35 heavy (non-hydrogen) atoms. The first-order chi connectivity index (χ1) is 16.8. The summed E-state index contributed by atoms with van der Waals surface area (Å²) in [5.41, 5.74) is 1.06. The van der Waals surface area contributed by atoms with E-state index in [0.717, 1.165) is 0 Å². The van der Waals surface area contributed by atoms with E-state index in [1.54, 1.807) is 61.1 Å². The highest BCUT2D eigenvalue weighted by atomic mass is 35.5. The van der Waals surface area contributed by atoms with Gasteiger partial charge < -0.3 is 9.52 Å². The molecule has 3 aromatic carbocycles. The fraction of sp³-hybridized carbons (Fsp3) is 0.111. The van der Waals surface area contributed by atoms with Gasteiger partial charge in [-0.1, -0.05) is 59.6 Å². The van der Waals surface area contributed by atoms with Crippen LogP contribution in [0.4, 0.5) is 0 Å². The minimum Gasteiger partial charge on any atom is -0.507 e. The number of halogens is 2. The highest BCUT2D eigenvalue weighted by Gasteiger charge is 2.33. The average molecular weight is 507 g/mol. The average Bonchev–Trinajstić information content (AvgIpc) is 3.05. The molecule has 2 heterocycles. The van der Waals surface area contributed by atoms with Crippen molar-refractivity contribution in [1.82, 2.24) is 9.36 Å². The topological polar surface area (TPSA) is 77.4 Å². The highest BCUT2D eigenvalue weighted by Crippen LogP contribution is 2.41. The summed E-state index contributed by atoms with van der Waals surface area (Å²) in [6, 6.07) is 20.7. The summed E-state index contributed by atoms with van der Waals surface area (Å²) in [6.07, 6.45) is 0. The summed E-state index contributed by atoms with van der Waals surface area (Å²) < 4.78 is 8.79. The van der Waals surface area contributed by atoms with E-state index in [2.05, 4.69) is 0 Å². The predicted molar refractivity (Wildman–Crippen MR) is 137 cm³/mol. The van der Waals surface area contributed by atoms with Gasteiger partial charge in [0.1, 0.15) is 11.3 Å². The molecule has 1 atom stereocenters. The molecular formula is C27H20Cl2N2O4. The number of aromatic nitrogens is 2. The van der Waals surface area contributed by atoms with Crippen LogP contribution in [-0.4, -0.2) is 14.5 Å². The number of hydrogen-bond acceptors (Lipinski definition) is 4. The zero-order chi connectivity index (χ0) is 24.9. The van der Waals surface area contributed by atoms with Gasteiger partial charge in [-0.3, -0.25) is 9.48 Å². The molecule has 2 aromatic heterocycles. The lowest BCUT2D eigenvalue weighted by molar-refractivity contribution is 0.455. The number of aromatic hydroxyl groups is 1. The summed E-state index contributed by atoms with van der Waals surface area (Å²) in [6.45, 7) is 1.78. The van der Waals surface area contributed by atoms with Crippen molar-refractivity contribution < 1.29 is 9.52 Å². The Labute approximate surface area is 210 Å². The van der Waals surface area contributed by atoms with E-state index in [1.807, 2.05) is 30.3 Å². The monoisotopic (exact) mass is 506 g/mol. The van der Waals surface area contributed by atoms with Crippen molar-refractivity contribution in [2.45, 2.75) is 12.8 Å². The number of fused-ring (bicyclic) bond motifs is 1. The van der Waals surface area contributed by atoms with Gasteiger partial charge in [0.15, 0.2) is 0 Å². The van der Waals surface area contributed by atoms with Crippen LogP contribution >= 0.6 is 23.2 Å². The Morgan fingerprint density at radius 3 is 2.31 bits per heavy atom. The standard InChI is InChI=1S/C27H20Cl2N2O4/c1-15-22(26(33)31(30(15)2)17-8-4-3-5-9-17)23(18-13-12-16(28)14-20(18)29)24-25(32)19-10-6-7-11-21(19)35-27(24)34/h3-14,23,32H,1-2H3/t23-/m1/s1. The van der Waals surface area contributed by atoms with Crippen molar-refractivity contribution in [3.63, 3.8) is 0 Å². The molecule has 0 radical (unpaired) electrons. The number of nitrogens with zero attached hydrogens (tertiary/aromatic N) is 2. The minimum absolute atomic E-state index is 0.0704. The Balaban J connectivity index is 1.90. The van der Waals surface area contributed by atoms with Gasteiger partial charge in [0.05, 0.1) is 28.1 Å². The van der Waals surface area contributed by atoms with Crippen LogP contribution in [0.25, 0.3) is 16.7 Å². The van der Waals surface area contributed by atoms with Crippen LogP contribution in [0.15, 0.2) is 86.8 Å². The first-order valence-electron chi connectivity index (χ1n) is 10.8. The molecule has 0 aliphatic carbocycles. The highest BCUT2D eigenvalue weighted by molar-refractivity contribution is 6.35. The lowest BCUT2D eigenvalue weighted by Gasteiger charge is -2.19. The molecule has 0 aliphatic heterocycles. The maximum Gasteiger partial charge on any atom is 0.344 e. The van der Waals surface area contributed by atoms with Gasteiger partial charge >= 0.3 is 5.63 Å². The zero-order valence-corrected chi connectivity index (χ0v) is 20.3. The van der Waals surface area contributed by atoms with Crippen molar-refractivity contribution in [3.05, 3.63) is 126 Å². The first kappa shape index (κ1) is 23.0. The van der Waals surface area contributed by atoms with E-state index < -0.39 is 11.5 Å². The molecule has 0 unspecified atom stereocenters. The van der Waals surface area contributed by atoms with Crippen LogP contribution in [0.2, 0.25) is 10.0 Å². The number of benzene rings is 3. The van der Waals surface area contributed by atoms with E-state index in [-0.39, 0.29) is 27.5 Å². The third-order valence-electron chi connectivity index (χ3n) is 6.27. The Morgan fingerprint density at radius 1 is 0.914 bits per heavy atom. The van der Waals surface area contributed by atoms with Crippen molar-refractivity contribution in [2.24, 2.45) is 7.05 Å². The normalized spacial score (nSPS) is 12.2. The molecular weight excluding hydrogens is 487 g/mol. The molecule has 0 amide bonds. The smallest absolute Gasteiger partial charge is 0.344 e. The zero-order valence-electron chi connectivity index (χ0n) is 18.8. The van der Waals surface area contributed by atoms with Crippen LogP contribution in [-0.2, 0) is 7.05 Å². The van der Waals surface area contributed by atoms with Crippen molar-refractivity contribution in [2.75, 3.05) is 0 Å². The largest absolute Gasteiger partial charge is 0.507 e. The summed E-state index contributed by atoms with van der Waals surface area (Å²) >= 11 is 12.7. The van der Waals surface area contributed by atoms with Crippen molar-refractivity contribution >= 4 is 34.2 Å². The van der Waals surface area contributed by atoms with E-state index >= 15 is 0 Å². The van der Waals surface area contributed by atoms with Crippen molar-refractivity contribution in [3.8, 4) is 11.4 Å². The predicted octanol–water partition coefficient (Wildman–Crippen LogP) is 5.78. The Kier molecular flexibility index (Phi) is 5.79. The molecule has 8 heteroatoms. The first-order valence-corrected chi connectivity index (χ1v) is 11.6. The van der Waals surface area contributed by atoms with E-state index in [9.17, 15) is 14.7 Å². The fourth-order valence-corrected chi connectivity index (χ4v) is 5.03. The van der Waals surface area contributed by atoms with Crippen LogP contribution in [0.1, 0.15) is 28.3 Å². The number of hydrogen-bond donors (Lipinski definition) is 1. The minimum atomic E-state index is -1.01. The number of rotatable bonds is 4. The van der Waals surface area contributed by atoms with Crippen LogP contribution < -0.4 is 11.2 Å². The van der Waals surface area contributed by atoms with E-state index in [4.69, 9.17) is 27.6 Å². The van der Waals surface area contributed by atoms with Gasteiger partial charge in [-0.2, -0.15) is 0 Å². The summed E-state index contributed by atoms with van der Waals surface area (Å²) in [5.74, 6) is -1.27. The Morgan fingerprint density at radius 2 is 1.60 bits per heavy atom. The summed E-state index contributed by atoms with van der Waals surface area (Å²) in [4.78, 5) is 27.2. The van der Waals surface area contributed by atoms with Gasteiger partial charge in [0.2, 0.25) is 0 Å². The molecule has 1 N–H and O–H groups in total. The maximum atomic E-state index is 13.9. The van der Waals surface area contributed by atoms with Crippen LogP contribution in [0, 0.1) is 6.92 Å². The lowest BCUT2D eigenvalue weighted by atomic mass is 9.85. The van der Waals surface area contributed by atoms with E-state index in [1.165, 1.54) is 4.68 Å².